The minimum Gasteiger partial charge on any atom is -0.451 e. The lowest BCUT2D eigenvalue weighted by Crippen LogP contribution is -2.62. The van der Waals surface area contributed by atoms with Crippen molar-refractivity contribution in [2.24, 2.45) is 23.2 Å². The summed E-state index contributed by atoms with van der Waals surface area (Å²) in [5.41, 5.74) is 0.591. The summed E-state index contributed by atoms with van der Waals surface area (Å²) >= 11 is 0. The van der Waals surface area contributed by atoms with E-state index in [-0.39, 0.29) is 34.4 Å². The van der Waals surface area contributed by atoms with E-state index >= 15 is 0 Å². The molecule has 9 nitrogen and oxygen atoms in total. The lowest BCUT2D eigenvalue weighted by Gasteiger charge is -2.59. The molecule has 236 valence electrons. The number of halogens is 1. The fraction of sp³-hybridized carbons (Fsp3) is 0.647. The number of ether oxygens (including phenoxy) is 1. The van der Waals surface area contributed by atoms with Crippen molar-refractivity contribution in [3.63, 3.8) is 0 Å². The van der Waals surface area contributed by atoms with Crippen LogP contribution in [-0.2, 0) is 4.79 Å². The number of piperidine rings is 1. The van der Waals surface area contributed by atoms with Crippen LogP contribution in [-0.4, -0.2) is 82.4 Å². The first-order valence-corrected chi connectivity index (χ1v) is 16.5. The summed E-state index contributed by atoms with van der Waals surface area (Å²) in [5, 5.41) is 3.33. The normalized spacial score (nSPS) is 29.0. The molecule has 10 heteroatoms. The second-order valence-corrected chi connectivity index (χ2v) is 14.5. The van der Waals surface area contributed by atoms with Crippen LogP contribution >= 0.6 is 0 Å². The van der Waals surface area contributed by atoms with Crippen LogP contribution in [0.25, 0.3) is 0 Å². The van der Waals surface area contributed by atoms with Crippen LogP contribution in [0.5, 0.6) is 11.5 Å². The van der Waals surface area contributed by atoms with Crippen LogP contribution in [0.15, 0.2) is 30.7 Å². The summed E-state index contributed by atoms with van der Waals surface area (Å²) in [7, 11) is 0. The van der Waals surface area contributed by atoms with Crippen molar-refractivity contribution >= 4 is 17.6 Å². The minimum atomic E-state index is -0.479. The maximum atomic E-state index is 14.3. The molecule has 1 aromatic carbocycles. The third-order valence-electron chi connectivity index (χ3n) is 11.4. The lowest BCUT2D eigenvalue weighted by molar-refractivity contribution is -0.121. The first-order chi connectivity index (χ1) is 21.2. The Bertz CT molecular complexity index is 1410. The van der Waals surface area contributed by atoms with Crippen molar-refractivity contribution in [2.45, 2.75) is 77.3 Å². The van der Waals surface area contributed by atoms with Crippen molar-refractivity contribution in [2.75, 3.05) is 44.2 Å². The molecule has 3 aliphatic carbocycles. The maximum absolute atomic E-state index is 14.3. The summed E-state index contributed by atoms with van der Waals surface area (Å²) < 4.78 is 20.5. The Morgan fingerprint density at radius 2 is 1.91 bits per heavy atom. The number of amides is 2. The topological polar surface area (TPSA) is 90.9 Å². The molecule has 2 aromatic rings. The minimum absolute atomic E-state index is 0.0236. The van der Waals surface area contributed by atoms with Gasteiger partial charge in [-0.1, -0.05) is 0 Å². The Hall–Kier alpha value is -3.27. The van der Waals surface area contributed by atoms with E-state index in [1.165, 1.54) is 63.2 Å². The molecular weight excluding hydrogens is 559 g/mol. The summed E-state index contributed by atoms with van der Waals surface area (Å²) in [6.45, 7) is 11.6. The molecule has 2 atom stereocenters. The number of nitrogens with zero attached hydrogens (tertiary/aromatic N) is 5. The number of carbonyl (C=O) groups is 2. The zero-order chi connectivity index (χ0) is 30.6. The highest BCUT2D eigenvalue weighted by molar-refractivity contribution is 5.97. The van der Waals surface area contributed by atoms with Gasteiger partial charge in [-0.05, 0) is 108 Å². The fourth-order valence-electron chi connectivity index (χ4n) is 8.99. The van der Waals surface area contributed by atoms with Gasteiger partial charge in [-0.25, -0.2) is 14.4 Å². The van der Waals surface area contributed by atoms with Crippen LogP contribution in [0.2, 0.25) is 0 Å². The number of aromatic nitrogens is 2. The van der Waals surface area contributed by atoms with Gasteiger partial charge in [-0.2, -0.15) is 0 Å². The van der Waals surface area contributed by atoms with Crippen LogP contribution in [0.3, 0.4) is 0 Å². The Balaban J connectivity index is 0.960. The van der Waals surface area contributed by atoms with Gasteiger partial charge in [-0.3, -0.25) is 9.59 Å². The van der Waals surface area contributed by atoms with Gasteiger partial charge in [0.15, 0.2) is 11.6 Å². The molecule has 2 spiro atoms. The zero-order valence-corrected chi connectivity index (χ0v) is 26.2. The molecule has 1 aromatic heterocycles. The van der Waals surface area contributed by atoms with E-state index in [4.69, 9.17) is 4.74 Å². The van der Waals surface area contributed by atoms with E-state index in [2.05, 4.69) is 25.1 Å². The Kier molecular flexibility index (Phi) is 7.54. The molecule has 3 saturated heterocycles. The third-order valence-corrected chi connectivity index (χ3v) is 11.4. The third kappa shape index (κ3) is 5.33. The predicted octanol–water partition coefficient (Wildman–Crippen LogP) is 4.88. The van der Waals surface area contributed by atoms with Crippen LogP contribution in [0.1, 0.15) is 76.1 Å². The molecule has 6 fully saturated rings. The molecule has 8 rings (SSSR count). The van der Waals surface area contributed by atoms with Gasteiger partial charge in [-0.15, -0.1) is 0 Å². The maximum Gasteiger partial charge on any atom is 0.257 e. The average Bonchev–Trinajstić information content (AvgIpc) is 3.34. The number of likely N-dealkylation sites (tertiary alicyclic amines) is 1. The number of nitrogens with one attached hydrogen (secondary N) is 1. The van der Waals surface area contributed by atoms with Crippen molar-refractivity contribution < 1.29 is 18.7 Å². The number of rotatable bonds is 8. The summed E-state index contributed by atoms with van der Waals surface area (Å²) in [4.78, 5) is 40.6. The van der Waals surface area contributed by atoms with E-state index in [1.54, 1.807) is 11.1 Å². The zero-order valence-electron chi connectivity index (χ0n) is 26.2. The molecule has 1 N–H and O–H groups in total. The second kappa shape index (κ2) is 11.3. The standard InChI is InChI=1S/C34H45FN6O3/c1-4-41(22(2)3)32(43)26-14-25(35)5-6-28(26)44-29-17-36-21-37-31(29)40-19-33(20-40)9-11-39(12-10-33)18-27-23-13-24(27)16-34(15-23)8-7-30(42)38-34/h5-6,14,17,21-24,27H,4,7-13,15-16,18-20H2,1-3H3,(H,38,42). The van der Waals surface area contributed by atoms with Gasteiger partial charge in [0.25, 0.3) is 5.91 Å². The molecule has 0 radical (unpaired) electrons. The predicted molar refractivity (Wildman–Crippen MR) is 165 cm³/mol. The van der Waals surface area contributed by atoms with Crippen LogP contribution in [0.4, 0.5) is 10.2 Å². The number of anilines is 1. The smallest absolute Gasteiger partial charge is 0.257 e. The summed E-state index contributed by atoms with van der Waals surface area (Å²) in [6.07, 6.45) is 11.0. The van der Waals surface area contributed by atoms with Crippen molar-refractivity contribution in [1.82, 2.24) is 25.1 Å². The highest BCUT2D eigenvalue weighted by Crippen LogP contribution is 2.57. The number of hydrogen-bond donors (Lipinski definition) is 1. The van der Waals surface area contributed by atoms with E-state index in [9.17, 15) is 14.0 Å². The molecular formula is C34H45FN6O3. The van der Waals surface area contributed by atoms with E-state index in [1.807, 2.05) is 20.8 Å². The Morgan fingerprint density at radius 3 is 2.57 bits per heavy atom. The molecule has 2 bridgehead atoms. The number of hydrogen-bond acceptors (Lipinski definition) is 7. The number of benzene rings is 1. The fourth-order valence-corrected chi connectivity index (χ4v) is 8.99. The van der Waals surface area contributed by atoms with Crippen molar-refractivity contribution in [3.05, 3.63) is 42.1 Å². The molecule has 3 saturated carbocycles. The van der Waals surface area contributed by atoms with Gasteiger partial charge in [0.1, 0.15) is 17.9 Å². The van der Waals surface area contributed by atoms with Gasteiger partial charge >= 0.3 is 0 Å². The molecule has 6 aliphatic rings. The van der Waals surface area contributed by atoms with Crippen molar-refractivity contribution in [3.8, 4) is 11.5 Å². The number of carbonyl (C=O) groups excluding carboxylic acids is 2. The largest absolute Gasteiger partial charge is 0.451 e. The first kappa shape index (κ1) is 29.4. The van der Waals surface area contributed by atoms with E-state index in [0.717, 1.165) is 50.4 Å². The molecule has 4 heterocycles. The van der Waals surface area contributed by atoms with Gasteiger partial charge in [0.05, 0.1) is 11.8 Å². The SMILES string of the molecule is CCN(C(=O)c1cc(F)ccc1Oc1cncnc1N1CC2(CCN(CC3C4CC3CC3(CCC(=O)N3)C4)CC2)C1)C(C)C. The molecule has 3 aliphatic heterocycles. The monoisotopic (exact) mass is 604 g/mol. The first-order valence-electron chi connectivity index (χ1n) is 16.5. The molecule has 2 amide bonds. The van der Waals surface area contributed by atoms with E-state index < -0.39 is 5.82 Å². The van der Waals surface area contributed by atoms with Gasteiger partial charge in [0.2, 0.25) is 5.91 Å². The summed E-state index contributed by atoms with van der Waals surface area (Å²) in [6, 6.07) is 4.06. The molecule has 44 heavy (non-hydrogen) atoms. The van der Waals surface area contributed by atoms with Gasteiger partial charge in [0, 0.05) is 49.6 Å². The average molecular weight is 605 g/mol. The Labute approximate surface area is 259 Å². The lowest BCUT2D eigenvalue weighted by atomic mass is 9.51. The van der Waals surface area contributed by atoms with E-state index in [0.29, 0.717) is 30.3 Å². The summed E-state index contributed by atoms with van der Waals surface area (Å²) in [5.74, 6) is 3.32. The van der Waals surface area contributed by atoms with Gasteiger partial charge < -0.3 is 24.8 Å². The van der Waals surface area contributed by atoms with Crippen LogP contribution < -0.4 is 15.0 Å². The van der Waals surface area contributed by atoms with Crippen molar-refractivity contribution in [1.29, 1.82) is 0 Å². The molecule has 2 unspecified atom stereocenters. The highest BCUT2D eigenvalue weighted by Gasteiger charge is 2.56. The Morgan fingerprint density at radius 1 is 1.16 bits per heavy atom. The second-order valence-electron chi connectivity index (χ2n) is 14.5. The quantitative estimate of drug-likeness (QED) is 0.460. The van der Waals surface area contributed by atoms with Crippen LogP contribution in [0, 0.1) is 29.0 Å². The highest BCUT2D eigenvalue weighted by atomic mass is 19.1.